The highest BCUT2D eigenvalue weighted by Crippen LogP contribution is 2.35. The van der Waals surface area contributed by atoms with Gasteiger partial charge in [-0.3, -0.25) is 9.78 Å². The molecule has 0 aliphatic heterocycles. The molecule has 4 aromatic rings. The highest BCUT2D eigenvalue weighted by molar-refractivity contribution is 6.09. The van der Waals surface area contributed by atoms with Crippen LogP contribution in [0.15, 0.2) is 48.7 Å². The lowest BCUT2D eigenvalue weighted by Gasteiger charge is -2.14. The van der Waals surface area contributed by atoms with E-state index in [1.165, 1.54) is 43.6 Å². The van der Waals surface area contributed by atoms with Crippen LogP contribution in [-0.4, -0.2) is 23.0 Å². The lowest BCUT2D eigenvalue weighted by molar-refractivity contribution is -0.118. The number of amides is 1. The number of ether oxygens (including phenoxy) is 1. The quantitative estimate of drug-likeness (QED) is 0.578. The van der Waals surface area contributed by atoms with Crippen molar-refractivity contribution in [1.29, 1.82) is 0 Å². The lowest BCUT2D eigenvalue weighted by atomic mass is 9.93. The molecule has 27 heavy (non-hydrogen) atoms. The van der Waals surface area contributed by atoms with E-state index in [0.29, 0.717) is 33.1 Å². The molecule has 7 heteroatoms. The van der Waals surface area contributed by atoms with Crippen LogP contribution in [0.1, 0.15) is 17.2 Å². The Bertz CT molecular complexity index is 1190. The maximum atomic E-state index is 14.2. The van der Waals surface area contributed by atoms with E-state index in [9.17, 15) is 13.6 Å². The third-order valence-electron chi connectivity index (χ3n) is 4.56. The molecule has 1 atom stereocenters. The fraction of sp³-hybridized carbons (Fsp3) is 0.100. The van der Waals surface area contributed by atoms with Crippen molar-refractivity contribution in [2.75, 3.05) is 7.11 Å². The molecule has 2 aromatic carbocycles. The minimum absolute atomic E-state index is 0.0974. The highest BCUT2D eigenvalue weighted by Gasteiger charge is 2.26. The number of fused-ring (bicyclic) bond motifs is 3. The maximum Gasteiger partial charge on any atom is 0.231 e. The van der Waals surface area contributed by atoms with Gasteiger partial charge in [0.25, 0.3) is 0 Å². The van der Waals surface area contributed by atoms with E-state index >= 15 is 0 Å². The monoisotopic (exact) mass is 367 g/mol. The summed E-state index contributed by atoms with van der Waals surface area (Å²) in [6.07, 6.45) is 1.52. The summed E-state index contributed by atoms with van der Waals surface area (Å²) >= 11 is 0. The Kier molecular flexibility index (Phi) is 3.99. The topological polar surface area (TPSA) is 81.0 Å². The van der Waals surface area contributed by atoms with Crippen LogP contribution in [0, 0.1) is 11.6 Å². The van der Waals surface area contributed by atoms with E-state index in [1.54, 1.807) is 12.1 Å². The summed E-state index contributed by atoms with van der Waals surface area (Å²) in [4.78, 5) is 19.7. The molecule has 2 aromatic heterocycles. The zero-order valence-electron chi connectivity index (χ0n) is 14.3. The molecule has 2 heterocycles. The molecule has 0 saturated carbocycles. The number of H-pyrrole nitrogens is 1. The largest absolute Gasteiger partial charge is 0.494 e. The molecule has 4 rings (SSSR count). The smallest absolute Gasteiger partial charge is 0.231 e. The fourth-order valence-corrected chi connectivity index (χ4v) is 3.37. The van der Waals surface area contributed by atoms with Gasteiger partial charge in [0, 0.05) is 23.0 Å². The zero-order valence-corrected chi connectivity index (χ0v) is 14.3. The van der Waals surface area contributed by atoms with Crippen LogP contribution in [0.2, 0.25) is 0 Å². The first-order valence-electron chi connectivity index (χ1n) is 8.18. The van der Waals surface area contributed by atoms with E-state index in [-0.39, 0.29) is 5.75 Å². The fourth-order valence-electron chi connectivity index (χ4n) is 3.37. The molecule has 5 nitrogen and oxygen atoms in total. The van der Waals surface area contributed by atoms with Gasteiger partial charge in [0.05, 0.1) is 23.8 Å². The molecule has 0 saturated heterocycles. The van der Waals surface area contributed by atoms with Gasteiger partial charge in [-0.15, -0.1) is 0 Å². The van der Waals surface area contributed by atoms with Crippen LogP contribution in [0.3, 0.4) is 0 Å². The van der Waals surface area contributed by atoms with Crippen LogP contribution in [0.25, 0.3) is 21.8 Å². The molecule has 0 fully saturated rings. The Morgan fingerprint density at radius 3 is 2.70 bits per heavy atom. The van der Waals surface area contributed by atoms with E-state index in [1.807, 2.05) is 0 Å². The van der Waals surface area contributed by atoms with Crippen LogP contribution >= 0.6 is 0 Å². The van der Waals surface area contributed by atoms with Gasteiger partial charge in [-0.25, -0.2) is 8.78 Å². The first-order valence-corrected chi connectivity index (χ1v) is 8.18. The Morgan fingerprint density at radius 1 is 1.19 bits per heavy atom. The Labute approximate surface area is 152 Å². The summed E-state index contributed by atoms with van der Waals surface area (Å²) in [5.41, 5.74) is 7.51. The van der Waals surface area contributed by atoms with Crippen LogP contribution < -0.4 is 10.5 Å². The van der Waals surface area contributed by atoms with Crippen LogP contribution in [-0.2, 0) is 4.79 Å². The molecule has 136 valence electrons. The molecule has 0 aliphatic rings. The number of nitrogens with two attached hydrogens (primary N) is 1. The van der Waals surface area contributed by atoms with E-state index in [0.717, 1.165) is 0 Å². The molecule has 1 amide bonds. The van der Waals surface area contributed by atoms with Gasteiger partial charge in [-0.1, -0.05) is 12.1 Å². The van der Waals surface area contributed by atoms with Crippen molar-refractivity contribution in [2.45, 2.75) is 5.92 Å². The number of hydrogen-bond donors (Lipinski definition) is 2. The van der Waals surface area contributed by atoms with Gasteiger partial charge in [-0.05, 0) is 29.8 Å². The van der Waals surface area contributed by atoms with Crippen molar-refractivity contribution in [3.63, 3.8) is 0 Å². The van der Waals surface area contributed by atoms with Crippen molar-refractivity contribution in [2.24, 2.45) is 5.73 Å². The number of rotatable bonds is 4. The van der Waals surface area contributed by atoms with Crippen LogP contribution in [0.4, 0.5) is 8.78 Å². The predicted octanol–water partition coefficient (Wildman–Crippen LogP) is 3.62. The van der Waals surface area contributed by atoms with Crippen LogP contribution in [0.5, 0.6) is 5.75 Å². The first-order chi connectivity index (χ1) is 13.0. The number of benzene rings is 2. The summed E-state index contributed by atoms with van der Waals surface area (Å²) < 4.78 is 32.9. The third-order valence-corrected chi connectivity index (χ3v) is 4.56. The van der Waals surface area contributed by atoms with Gasteiger partial charge in [0.1, 0.15) is 11.7 Å². The second-order valence-corrected chi connectivity index (χ2v) is 6.17. The molecular weight excluding hydrogens is 352 g/mol. The van der Waals surface area contributed by atoms with E-state index in [2.05, 4.69) is 9.97 Å². The zero-order chi connectivity index (χ0) is 19.1. The number of halogens is 2. The van der Waals surface area contributed by atoms with E-state index < -0.39 is 23.5 Å². The summed E-state index contributed by atoms with van der Waals surface area (Å²) in [5, 5.41) is 1.30. The minimum atomic E-state index is -0.954. The third kappa shape index (κ3) is 2.77. The molecule has 0 spiro atoms. The molecule has 0 aliphatic carbocycles. The summed E-state index contributed by atoms with van der Waals surface area (Å²) in [5.74, 6) is -2.50. The van der Waals surface area contributed by atoms with Crippen molar-refractivity contribution < 1.29 is 18.3 Å². The summed E-state index contributed by atoms with van der Waals surface area (Å²) in [6.45, 7) is 0. The lowest BCUT2D eigenvalue weighted by Crippen LogP contribution is -2.23. The number of methoxy groups -OCH3 is 1. The van der Waals surface area contributed by atoms with Crippen molar-refractivity contribution in [3.8, 4) is 5.75 Å². The number of aromatic amines is 1. The Morgan fingerprint density at radius 2 is 2.00 bits per heavy atom. The number of pyridine rings is 1. The Hall–Kier alpha value is -3.48. The molecule has 1 unspecified atom stereocenters. The molecular formula is C20H15F2N3O2. The minimum Gasteiger partial charge on any atom is -0.494 e. The maximum absolute atomic E-state index is 14.2. The average Bonchev–Trinajstić information content (AvgIpc) is 2.99. The van der Waals surface area contributed by atoms with Gasteiger partial charge in [-0.2, -0.15) is 0 Å². The number of carbonyl (C=O) groups excluding carboxylic acids is 1. The van der Waals surface area contributed by atoms with Gasteiger partial charge >= 0.3 is 0 Å². The van der Waals surface area contributed by atoms with Crippen molar-refractivity contribution >= 4 is 27.7 Å². The van der Waals surface area contributed by atoms with E-state index in [4.69, 9.17) is 10.5 Å². The number of aromatic nitrogens is 2. The summed E-state index contributed by atoms with van der Waals surface area (Å²) in [6, 6.07) is 10.3. The molecule has 0 radical (unpaired) electrons. The highest BCUT2D eigenvalue weighted by atomic mass is 19.1. The average molecular weight is 367 g/mol. The summed E-state index contributed by atoms with van der Waals surface area (Å²) in [7, 11) is 1.38. The first kappa shape index (κ1) is 17.0. The molecule has 3 N–H and O–H groups in total. The second-order valence-electron chi connectivity index (χ2n) is 6.17. The molecule has 0 bridgehead atoms. The predicted molar refractivity (Wildman–Crippen MR) is 97.5 cm³/mol. The van der Waals surface area contributed by atoms with Crippen molar-refractivity contribution in [1.82, 2.24) is 9.97 Å². The van der Waals surface area contributed by atoms with Gasteiger partial charge in [0.15, 0.2) is 11.6 Å². The SMILES string of the molecule is COc1cc2[nH]c3c(C(C(N)=O)c4cccc(F)c4)nccc3c2cc1F. The number of carbonyl (C=O) groups is 1. The van der Waals surface area contributed by atoms with Gasteiger partial charge in [0.2, 0.25) is 5.91 Å². The normalized spacial score (nSPS) is 12.4. The van der Waals surface area contributed by atoms with Gasteiger partial charge < -0.3 is 15.5 Å². The standard InChI is InChI=1S/C20H15F2N3O2/c1-27-16-9-15-13(8-14(16)22)12-5-6-24-19(18(12)25-15)17(20(23)26)10-3-2-4-11(21)7-10/h2-9,17,25H,1H3,(H2,23,26). The number of nitrogens with one attached hydrogen (secondary N) is 1. The Balaban J connectivity index is 2.00. The number of nitrogens with zero attached hydrogens (tertiary/aromatic N) is 1. The number of primary amides is 1. The van der Waals surface area contributed by atoms with Crippen molar-refractivity contribution in [3.05, 3.63) is 71.6 Å². The number of hydrogen-bond acceptors (Lipinski definition) is 3. The second kappa shape index (κ2) is 6.35.